The zero-order valence-corrected chi connectivity index (χ0v) is 16.6. The molecule has 0 radical (unpaired) electrons. The number of ether oxygens (including phenoxy) is 2. The maximum atomic E-state index is 12.0. The first-order chi connectivity index (χ1) is 13.7. The smallest absolute Gasteiger partial charge is 0.335 e. The summed E-state index contributed by atoms with van der Waals surface area (Å²) in [6, 6.07) is 16.5. The number of para-hydroxylation sites is 1. The Bertz CT molecular complexity index is 848. The fourth-order valence-corrected chi connectivity index (χ4v) is 3.39. The standard InChI is InChI=1S/C24H27NO3/c1-3-27-23(24(26)28-4-2)18-20-13-11-19(12-14-20)8-7-16-25-17-15-21-9-5-6-10-22(21)25/h5-6,9-14,23H,3-4,15-18H2,1-2H3. The monoisotopic (exact) mass is 377 g/mol. The molecule has 1 heterocycles. The van der Waals surface area contributed by atoms with Gasteiger partial charge in [0.1, 0.15) is 0 Å². The molecule has 0 amide bonds. The highest BCUT2D eigenvalue weighted by molar-refractivity contribution is 5.75. The van der Waals surface area contributed by atoms with E-state index in [2.05, 4.69) is 41.0 Å². The molecule has 1 unspecified atom stereocenters. The summed E-state index contributed by atoms with van der Waals surface area (Å²) in [5, 5.41) is 0. The van der Waals surface area contributed by atoms with E-state index in [0.717, 1.165) is 30.6 Å². The number of hydrogen-bond donors (Lipinski definition) is 0. The van der Waals surface area contributed by atoms with Crippen LogP contribution in [-0.4, -0.2) is 38.4 Å². The first-order valence-electron chi connectivity index (χ1n) is 9.90. The summed E-state index contributed by atoms with van der Waals surface area (Å²) in [6.07, 6.45) is 1.04. The summed E-state index contributed by atoms with van der Waals surface area (Å²) in [7, 11) is 0. The minimum absolute atomic E-state index is 0.306. The Hall–Kier alpha value is -2.77. The van der Waals surface area contributed by atoms with E-state index in [9.17, 15) is 4.79 Å². The number of benzene rings is 2. The third-order valence-corrected chi connectivity index (χ3v) is 4.78. The number of rotatable bonds is 7. The fourth-order valence-electron chi connectivity index (χ4n) is 3.39. The highest BCUT2D eigenvalue weighted by Crippen LogP contribution is 2.26. The molecule has 1 aliphatic heterocycles. The van der Waals surface area contributed by atoms with E-state index >= 15 is 0 Å². The van der Waals surface area contributed by atoms with Crippen LogP contribution in [0.25, 0.3) is 0 Å². The van der Waals surface area contributed by atoms with Crippen LogP contribution in [0.3, 0.4) is 0 Å². The Morgan fingerprint density at radius 2 is 1.89 bits per heavy atom. The molecule has 0 N–H and O–H groups in total. The third kappa shape index (κ3) is 5.15. The molecule has 28 heavy (non-hydrogen) atoms. The second-order valence-electron chi connectivity index (χ2n) is 6.70. The molecule has 1 aliphatic rings. The molecule has 0 aliphatic carbocycles. The van der Waals surface area contributed by atoms with Crippen LogP contribution in [0.15, 0.2) is 48.5 Å². The van der Waals surface area contributed by atoms with Crippen molar-refractivity contribution in [3.63, 3.8) is 0 Å². The molecule has 0 saturated carbocycles. The molecule has 3 rings (SSSR count). The van der Waals surface area contributed by atoms with Crippen LogP contribution in [0.2, 0.25) is 0 Å². The molecular formula is C24H27NO3. The van der Waals surface area contributed by atoms with E-state index in [0.29, 0.717) is 19.6 Å². The zero-order valence-electron chi connectivity index (χ0n) is 16.6. The lowest BCUT2D eigenvalue weighted by molar-refractivity contribution is -0.156. The van der Waals surface area contributed by atoms with Crippen molar-refractivity contribution in [1.82, 2.24) is 0 Å². The predicted octanol–water partition coefficient (Wildman–Crippen LogP) is 3.61. The van der Waals surface area contributed by atoms with Crippen molar-refractivity contribution in [3.05, 3.63) is 65.2 Å². The molecular weight excluding hydrogens is 350 g/mol. The first-order valence-corrected chi connectivity index (χ1v) is 9.90. The normalized spacial score (nSPS) is 13.4. The second-order valence-corrected chi connectivity index (χ2v) is 6.70. The average molecular weight is 377 g/mol. The number of fused-ring (bicyclic) bond motifs is 1. The summed E-state index contributed by atoms with van der Waals surface area (Å²) in [5.74, 6) is 6.21. The van der Waals surface area contributed by atoms with Crippen LogP contribution in [0.1, 0.15) is 30.5 Å². The Morgan fingerprint density at radius 3 is 2.64 bits per heavy atom. The lowest BCUT2D eigenvalue weighted by atomic mass is 10.1. The Balaban J connectivity index is 1.58. The SMILES string of the molecule is CCOC(=O)C(Cc1ccc(C#CCN2CCc3ccccc32)cc1)OCC. The molecule has 0 aromatic heterocycles. The number of esters is 1. The number of carbonyl (C=O) groups excluding carboxylic acids is 1. The Labute approximate surface area is 167 Å². The topological polar surface area (TPSA) is 38.8 Å². The maximum absolute atomic E-state index is 12.0. The van der Waals surface area contributed by atoms with E-state index in [1.807, 2.05) is 31.2 Å². The lowest BCUT2D eigenvalue weighted by Gasteiger charge is -2.15. The number of carbonyl (C=O) groups is 1. The average Bonchev–Trinajstić information content (AvgIpc) is 3.12. The number of nitrogens with zero attached hydrogens (tertiary/aromatic N) is 1. The molecule has 1 atom stereocenters. The van der Waals surface area contributed by atoms with Gasteiger partial charge in [-0.25, -0.2) is 4.79 Å². The van der Waals surface area contributed by atoms with Gasteiger partial charge < -0.3 is 14.4 Å². The first kappa shape index (κ1) is 20.0. The molecule has 0 spiro atoms. The van der Waals surface area contributed by atoms with Gasteiger partial charge in [0.05, 0.1) is 13.2 Å². The molecule has 0 fully saturated rings. The molecule has 4 heteroatoms. The van der Waals surface area contributed by atoms with Gasteiger partial charge in [-0.05, 0) is 49.6 Å². The molecule has 2 aromatic carbocycles. The highest BCUT2D eigenvalue weighted by atomic mass is 16.6. The van der Waals surface area contributed by atoms with Crippen molar-refractivity contribution in [2.45, 2.75) is 32.8 Å². The van der Waals surface area contributed by atoms with Crippen molar-refractivity contribution in [2.75, 3.05) is 31.2 Å². The summed E-state index contributed by atoms with van der Waals surface area (Å²) in [5.41, 5.74) is 4.71. The van der Waals surface area contributed by atoms with Gasteiger partial charge in [0, 0.05) is 30.8 Å². The molecule has 2 aromatic rings. The van der Waals surface area contributed by atoms with Gasteiger partial charge in [0.25, 0.3) is 0 Å². The van der Waals surface area contributed by atoms with Gasteiger partial charge in [0.2, 0.25) is 0 Å². The predicted molar refractivity (Wildman–Crippen MR) is 111 cm³/mol. The van der Waals surface area contributed by atoms with Gasteiger partial charge >= 0.3 is 5.97 Å². The quantitative estimate of drug-likeness (QED) is 0.546. The molecule has 4 nitrogen and oxygen atoms in total. The second kappa shape index (κ2) is 9.96. The summed E-state index contributed by atoms with van der Waals surface area (Å²) >= 11 is 0. The van der Waals surface area contributed by atoms with Crippen molar-refractivity contribution in [1.29, 1.82) is 0 Å². The minimum Gasteiger partial charge on any atom is -0.464 e. The highest BCUT2D eigenvalue weighted by Gasteiger charge is 2.20. The van der Waals surface area contributed by atoms with Crippen LogP contribution < -0.4 is 4.90 Å². The van der Waals surface area contributed by atoms with Gasteiger partial charge in [0.15, 0.2) is 6.10 Å². The van der Waals surface area contributed by atoms with Gasteiger partial charge in [-0.2, -0.15) is 0 Å². The van der Waals surface area contributed by atoms with Crippen molar-refractivity contribution < 1.29 is 14.3 Å². The van der Waals surface area contributed by atoms with E-state index in [4.69, 9.17) is 9.47 Å². The van der Waals surface area contributed by atoms with Crippen LogP contribution >= 0.6 is 0 Å². The van der Waals surface area contributed by atoms with E-state index in [1.165, 1.54) is 11.3 Å². The molecule has 0 bridgehead atoms. The number of hydrogen-bond acceptors (Lipinski definition) is 4. The fraction of sp³-hybridized carbons (Fsp3) is 0.375. The van der Waals surface area contributed by atoms with Crippen LogP contribution in [0, 0.1) is 11.8 Å². The lowest BCUT2D eigenvalue weighted by Crippen LogP contribution is -2.28. The maximum Gasteiger partial charge on any atom is 0.335 e. The molecule has 0 saturated heterocycles. The van der Waals surface area contributed by atoms with E-state index in [1.54, 1.807) is 6.92 Å². The van der Waals surface area contributed by atoms with Crippen LogP contribution in [0.4, 0.5) is 5.69 Å². The van der Waals surface area contributed by atoms with E-state index < -0.39 is 6.10 Å². The van der Waals surface area contributed by atoms with Gasteiger partial charge in [-0.15, -0.1) is 0 Å². The van der Waals surface area contributed by atoms with Gasteiger partial charge in [-0.3, -0.25) is 0 Å². The van der Waals surface area contributed by atoms with Crippen molar-refractivity contribution in [2.24, 2.45) is 0 Å². The van der Waals surface area contributed by atoms with Gasteiger partial charge in [-0.1, -0.05) is 42.2 Å². The largest absolute Gasteiger partial charge is 0.464 e. The molecule has 146 valence electrons. The summed E-state index contributed by atoms with van der Waals surface area (Å²) in [6.45, 7) is 6.28. The van der Waals surface area contributed by atoms with Crippen LogP contribution in [0.5, 0.6) is 0 Å². The van der Waals surface area contributed by atoms with E-state index in [-0.39, 0.29) is 5.97 Å². The summed E-state index contributed by atoms with van der Waals surface area (Å²) < 4.78 is 10.6. The number of anilines is 1. The zero-order chi connectivity index (χ0) is 19.8. The summed E-state index contributed by atoms with van der Waals surface area (Å²) in [4.78, 5) is 14.3. The van der Waals surface area contributed by atoms with Crippen LogP contribution in [-0.2, 0) is 27.1 Å². The van der Waals surface area contributed by atoms with Crippen molar-refractivity contribution >= 4 is 11.7 Å². The Kier molecular flexibility index (Phi) is 7.11. The minimum atomic E-state index is -0.558. The van der Waals surface area contributed by atoms with Crippen molar-refractivity contribution in [3.8, 4) is 11.8 Å². The third-order valence-electron chi connectivity index (χ3n) is 4.78. The Morgan fingerprint density at radius 1 is 1.11 bits per heavy atom.